The first-order valence-electron chi connectivity index (χ1n) is 6.27. The number of imidazole rings is 1. The summed E-state index contributed by atoms with van der Waals surface area (Å²) in [5.41, 5.74) is 7.52. The van der Waals surface area contributed by atoms with Crippen LogP contribution in [0.3, 0.4) is 0 Å². The first kappa shape index (κ1) is 11.3. The summed E-state index contributed by atoms with van der Waals surface area (Å²) in [6.07, 6.45) is 0.908. The van der Waals surface area contributed by atoms with Crippen LogP contribution in [0.15, 0.2) is 12.1 Å². The Morgan fingerprint density at radius 3 is 2.78 bits per heavy atom. The molecule has 1 unspecified atom stereocenters. The lowest BCUT2D eigenvalue weighted by Gasteiger charge is -2.05. The van der Waals surface area contributed by atoms with Gasteiger partial charge in [0, 0.05) is 31.0 Å². The van der Waals surface area contributed by atoms with Crippen LogP contribution in [0.2, 0.25) is 0 Å². The van der Waals surface area contributed by atoms with E-state index in [0.717, 1.165) is 34.8 Å². The van der Waals surface area contributed by atoms with E-state index >= 15 is 0 Å². The summed E-state index contributed by atoms with van der Waals surface area (Å²) in [7, 11) is 0. The molecule has 18 heavy (non-hydrogen) atoms. The summed E-state index contributed by atoms with van der Waals surface area (Å²) in [5, 5.41) is 0. The van der Waals surface area contributed by atoms with Crippen LogP contribution in [0.1, 0.15) is 25.1 Å². The molecule has 1 aliphatic rings. The average molecular weight is 247 g/mol. The molecule has 0 radical (unpaired) electrons. The molecule has 5 nitrogen and oxygen atoms in total. The molecule has 1 atom stereocenters. The van der Waals surface area contributed by atoms with Crippen molar-refractivity contribution in [1.29, 1.82) is 0 Å². The molecule has 0 saturated heterocycles. The molecule has 1 aromatic carbocycles. The van der Waals surface area contributed by atoms with Gasteiger partial charge in [-0.1, -0.05) is 6.92 Å². The summed E-state index contributed by atoms with van der Waals surface area (Å²) in [6.45, 7) is 4.01. The third kappa shape index (κ3) is 1.90. The second kappa shape index (κ2) is 4.49. The molecule has 2 aromatic rings. The summed E-state index contributed by atoms with van der Waals surface area (Å²) in [5.74, 6) is 2.70. The van der Waals surface area contributed by atoms with Gasteiger partial charge in [0.1, 0.15) is 5.82 Å². The van der Waals surface area contributed by atoms with Crippen LogP contribution in [0, 0.1) is 0 Å². The molecule has 0 aliphatic carbocycles. The van der Waals surface area contributed by atoms with Gasteiger partial charge >= 0.3 is 0 Å². The molecule has 0 spiro atoms. The number of aromatic nitrogens is 2. The van der Waals surface area contributed by atoms with Gasteiger partial charge in [-0.05, 0) is 0 Å². The monoisotopic (exact) mass is 247 g/mol. The number of rotatable bonds is 2. The van der Waals surface area contributed by atoms with Gasteiger partial charge in [0.25, 0.3) is 0 Å². The quantitative estimate of drug-likeness (QED) is 0.848. The van der Waals surface area contributed by atoms with Crippen molar-refractivity contribution in [2.45, 2.75) is 19.3 Å². The van der Waals surface area contributed by atoms with Crippen LogP contribution in [-0.4, -0.2) is 29.7 Å². The van der Waals surface area contributed by atoms with Crippen molar-refractivity contribution in [2.24, 2.45) is 5.73 Å². The van der Waals surface area contributed by atoms with E-state index in [0.29, 0.717) is 19.8 Å². The zero-order valence-corrected chi connectivity index (χ0v) is 10.4. The molecule has 3 rings (SSSR count). The molecule has 5 heteroatoms. The summed E-state index contributed by atoms with van der Waals surface area (Å²) in [4.78, 5) is 7.84. The van der Waals surface area contributed by atoms with Gasteiger partial charge in [0.15, 0.2) is 11.5 Å². The maximum Gasteiger partial charge on any atom is 0.163 e. The number of ether oxygens (including phenoxy) is 2. The zero-order valence-electron chi connectivity index (χ0n) is 10.4. The van der Waals surface area contributed by atoms with Crippen LogP contribution in [0.5, 0.6) is 11.5 Å². The van der Waals surface area contributed by atoms with Crippen LogP contribution in [-0.2, 0) is 0 Å². The second-order valence-corrected chi connectivity index (χ2v) is 4.63. The summed E-state index contributed by atoms with van der Waals surface area (Å²) < 4.78 is 11.3. The number of hydrogen-bond acceptors (Lipinski definition) is 4. The molecule has 0 saturated carbocycles. The van der Waals surface area contributed by atoms with Gasteiger partial charge in [-0.25, -0.2) is 4.98 Å². The van der Waals surface area contributed by atoms with Gasteiger partial charge in [-0.3, -0.25) is 0 Å². The Morgan fingerprint density at radius 2 is 2.06 bits per heavy atom. The highest BCUT2D eigenvalue weighted by molar-refractivity contribution is 5.80. The maximum atomic E-state index is 5.66. The number of aromatic amines is 1. The number of fused-ring (bicyclic) bond motifs is 2. The Kier molecular flexibility index (Phi) is 2.83. The van der Waals surface area contributed by atoms with Crippen molar-refractivity contribution in [2.75, 3.05) is 19.8 Å². The van der Waals surface area contributed by atoms with Gasteiger partial charge in [-0.15, -0.1) is 0 Å². The predicted molar refractivity (Wildman–Crippen MR) is 69.2 cm³/mol. The minimum atomic E-state index is 0.221. The highest BCUT2D eigenvalue weighted by Crippen LogP contribution is 2.33. The zero-order chi connectivity index (χ0) is 12.5. The molecule has 0 bridgehead atoms. The van der Waals surface area contributed by atoms with Gasteiger partial charge < -0.3 is 20.2 Å². The van der Waals surface area contributed by atoms with E-state index in [1.807, 2.05) is 12.1 Å². The largest absolute Gasteiger partial charge is 0.489 e. The molecular weight excluding hydrogens is 230 g/mol. The Balaban J connectivity index is 2.06. The normalized spacial score (nSPS) is 16.6. The number of hydrogen-bond donors (Lipinski definition) is 2. The fourth-order valence-electron chi connectivity index (χ4n) is 2.03. The van der Waals surface area contributed by atoms with E-state index < -0.39 is 0 Å². The molecule has 96 valence electrons. The molecule has 2 heterocycles. The predicted octanol–water partition coefficient (Wildman–Crippen LogP) is 1.79. The molecule has 0 fully saturated rings. The number of nitrogens with one attached hydrogen (secondary N) is 1. The first-order chi connectivity index (χ1) is 8.78. The number of H-pyrrole nitrogens is 1. The van der Waals surface area contributed by atoms with Crippen molar-refractivity contribution < 1.29 is 9.47 Å². The minimum absolute atomic E-state index is 0.221. The summed E-state index contributed by atoms with van der Waals surface area (Å²) in [6, 6.07) is 3.88. The molecule has 1 aliphatic heterocycles. The van der Waals surface area contributed by atoms with Gasteiger partial charge in [0.05, 0.1) is 24.2 Å². The fraction of sp³-hybridized carbons (Fsp3) is 0.462. The minimum Gasteiger partial charge on any atom is -0.489 e. The highest BCUT2D eigenvalue weighted by atomic mass is 16.5. The van der Waals surface area contributed by atoms with E-state index in [-0.39, 0.29) is 5.92 Å². The lowest BCUT2D eigenvalue weighted by atomic mass is 10.2. The Bertz CT molecular complexity index is 522. The first-order valence-corrected chi connectivity index (χ1v) is 6.27. The van der Waals surface area contributed by atoms with Crippen LogP contribution in [0.25, 0.3) is 11.0 Å². The van der Waals surface area contributed by atoms with Crippen LogP contribution >= 0.6 is 0 Å². The fourth-order valence-corrected chi connectivity index (χ4v) is 2.03. The van der Waals surface area contributed by atoms with Crippen molar-refractivity contribution in [3.8, 4) is 11.5 Å². The topological polar surface area (TPSA) is 73.2 Å². The molecule has 3 N–H and O–H groups in total. The second-order valence-electron chi connectivity index (χ2n) is 4.63. The smallest absolute Gasteiger partial charge is 0.163 e. The highest BCUT2D eigenvalue weighted by Gasteiger charge is 2.15. The molecule has 1 aromatic heterocycles. The maximum absolute atomic E-state index is 5.66. The van der Waals surface area contributed by atoms with Crippen molar-refractivity contribution >= 4 is 11.0 Å². The van der Waals surface area contributed by atoms with Gasteiger partial charge in [0.2, 0.25) is 0 Å². The number of benzene rings is 1. The van der Waals surface area contributed by atoms with E-state index in [2.05, 4.69) is 16.9 Å². The van der Waals surface area contributed by atoms with Crippen molar-refractivity contribution in [1.82, 2.24) is 9.97 Å². The third-order valence-electron chi connectivity index (χ3n) is 3.19. The standard InChI is InChI=1S/C13H17N3O2/c1-8(7-14)13-15-9-5-11-12(6-10(9)16-13)18-4-2-3-17-11/h5-6,8H,2-4,7,14H2,1H3,(H,15,16). The van der Waals surface area contributed by atoms with E-state index in [9.17, 15) is 0 Å². The SMILES string of the molecule is CC(CN)c1nc2cc3c(cc2[nH]1)OCCCO3. The van der Waals surface area contributed by atoms with Crippen LogP contribution in [0.4, 0.5) is 0 Å². The summed E-state index contributed by atoms with van der Waals surface area (Å²) >= 11 is 0. The lowest BCUT2D eigenvalue weighted by molar-refractivity contribution is 0.297. The average Bonchev–Trinajstić information content (AvgIpc) is 2.66. The van der Waals surface area contributed by atoms with E-state index in [1.54, 1.807) is 0 Å². The van der Waals surface area contributed by atoms with E-state index in [4.69, 9.17) is 15.2 Å². The number of nitrogens with two attached hydrogens (primary N) is 1. The number of nitrogens with zero attached hydrogens (tertiary/aromatic N) is 1. The van der Waals surface area contributed by atoms with Crippen molar-refractivity contribution in [3.05, 3.63) is 18.0 Å². The van der Waals surface area contributed by atoms with E-state index in [1.165, 1.54) is 0 Å². The van der Waals surface area contributed by atoms with Gasteiger partial charge in [-0.2, -0.15) is 0 Å². The lowest BCUT2D eigenvalue weighted by Crippen LogP contribution is -2.10. The Morgan fingerprint density at radius 1 is 1.33 bits per heavy atom. The van der Waals surface area contributed by atoms with Crippen LogP contribution < -0.4 is 15.2 Å². The Hall–Kier alpha value is -1.75. The third-order valence-corrected chi connectivity index (χ3v) is 3.19. The molecular formula is C13H17N3O2. The molecule has 0 amide bonds. The Labute approximate surface area is 105 Å². The van der Waals surface area contributed by atoms with Crippen molar-refractivity contribution in [3.63, 3.8) is 0 Å².